The number of carbonyl (C=O) groups excluding carboxylic acids is 1. The molecule has 0 aliphatic carbocycles. The first-order valence-corrected chi connectivity index (χ1v) is 33.3. The Bertz CT molecular complexity index is 1450. The van der Waals surface area contributed by atoms with Gasteiger partial charge in [0.25, 0.3) is 0 Å². The van der Waals surface area contributed by atoms with Gasteiger partial charge in [-0.05, 0) is 83.5 Å². The first kappa shape index (κ1) is 72.9. The molecular weight excluding hydrogens is 948 g/mol. The zero-order valence-corrected chi connectivity index (χ0v) is 50.9. The third kappa shape index (κ3) is 59.4. The molecule has 0 bridgehead atoms. The second-order valence-electron chi connectivity index (χ2n) is 22.8. The van der Waals surface area contributed by atoms with E-state index in [1.165, 1.54) is 205 Å². The molecule has 1 amide bonds. The monoisotopic (exact) mass is 1070 g/mol. The van der Waals surface area contributed by atoms with Crippen molar-refractivity contribution in [1.82, 2.24) is 5.32 Å². The van der Waals surface area contributed by atoms with Crippen LogP contribution in [0.25, 0.3) is 0 Å². The summed E-state index contributed by atoms with van der Waals surface area (Å²) in [6, 6.07) is -0.879. The minimum Gasteiger partial charge on any atom is -0.387 e. The highest BCUT2D eigenvalue weighted by molar-refractivity contribution is 7.47. The molecule has 0 saturated carbocycles. The molecule has 75 heavy (non-hydrogen) atoms. The van der Waals surface area contributed by atoms with Crippen molar-refractivity contribution in [3.63, 3.8) is 0 Å². The maximum atomic E-state index is 13.0. The molecule has 0 aliphatic heterocycles. The van der Waals surface area contributed by atoms with Crippen molar-refractivity contribution in [1.29, 1.82) is 0 Å². The van der Waals surface area contributed by atoms with Crippen LogP contribution in [0.2, 0.25) is 0 Å². The number of aliphatic hydroxyl groups excluding tert-OH is 1. The Balaban J connectivity index is 4.23. The summed E-state index contributed by atoms with van der Waals surface area (Å²) in [6.07, 6.45) is 78.9. The molecule has 9 heteroatoms. The van der Waals surface area contributed by atoms with Crippen LogP contribution in [0.1, 0.15) is 290 Å². The van der Waals surface area contributed by atoms with E-state index in [0.717, 1.165) is 64.2 Å². The molecule has 438 valence electrons. The van der Waals surface area contributed by atoms with Gasteiger partial charge in [-0.15, -0.1) is 0 Å². The molecule has 8 nitrogen and oxygen atoms in total. The third-order valence-corrected chi connectivity index (χ3v) is 15.1. The predicted octanol–water partition coefficient (Wildman–Crippen LogP) is 19.8. The lowest BCUT2D eigenvalue weighted by Crippen LogP contribution is -2.45. The van der Waals surface area contributed by atoms with Gasteiger partial charge in [0.05, 0.1) is 39.9 Å². The lowest BCUT2D eigenvalue weighted by molar-refractivity contribution is -0.870. The molecule has 3 atom stereocenters. The van der Waals surface area contributed by atoms with Crippen LogP contribution in [0.4, 0.5) is 0 Å². The Hall–Kier alpha value is -2.06. The van der Waals surface area contributed by atoms with Crippen molar-refractivity contribution < 1.29 is 32.9 Å². The van der Waals surface area contributed by atoms with Gasteiger partial charge in [-0.2, -0.15) is 0 Å². The van der Waals surface area contributed by atoms with Crippen molar-refractivity contribution in [3.8, 4) is 0 Å². The van der Waals surface area contributed by atoms with Crippen molar-refractivity contribution in [3.05, 3.63) is 72.9 Å². The summed E-state index contributed by atoms with van der Waals surface area (Å²) in [7, 11) is 1.54. The number of likely N-dealkylation sites (N-methyl/N-ethyl adjacent to an activating group) is 1. The van der Waals surface area contributed by atoms with E-state index < -0.39 is 20.0 Å². The molecule has 0 radical (unpaired) electrons. The van der Waals surface area contributed by atoms with E-state index in [9.17, 15) is 19.4 Å². The minimum absolute atomic E-state index is 0.0492. The number of quaternary nitrogens is 1. The average molecular weight is 1070 g/mol. The lowest BCUT2D eigenvalue weighted by atomic mass is 10.0. The average Bonchev–Trinajstić information content (AvgIpc) is 3.37. The Morgan fingerprint density at radius 1 is 0.453 bits per heavy atom. The molecule has 0 rings (SSSR count). The molecule has 0 aliphatic rings. The molecule has 0 aromatic carbocycles. The van der Waals surface area contributed by atoms with E-state index in [4.69, 9.17) is 9.05 Å². The molecule has 3 unspecified atom stereocenters. The Morgan fingerprint density at radius 3 is 1.16 bits per heavy atom. The van der Waals surface area contributed by atoms with Gasteiger partial charge >= 0.3 is 7.82 Å². The summed E-state index contributed by atoms with van der Waals surface area (Å²) in [4.78, 5) is 23.3. The second kappa shape index (κ2) is 56.7. The van der Waals surface area contributed by atoms with Crippen LogP contribution >= 0.6 is 7.82 Å². The number of hydrogen-bond acceptors (Lipinski definition) is 5. The number of hydrogen-bond donors (Lipinski definition) is 3. The highest BCUT2D eigenvalue weighted by Gasteiger charge is 2.27. The van der Waals surface area contributed by atoms with E-state index in [1.54, 1.807) is 6.08 Å². The van der Waals surface area contributed by atoms with Gasteiger partial charge in [0, 0.05) is 6.42 Å². The lowest BCUT2D eigenvalue weighted by Gasteiger charge is -2.25. The van der Waals surface area contributed by atoms with Crippen LogP contribution in [-0.4, -0.2) is 73.4 Å². The van der Waals surface area contributed by atoms with Gasteiger partial charge in [-0.25, -0.2) is 4.57 Å². The van der Waals surface area contributed by atoms with Gasteiger partial charge in [0.1, 0.15) is 13.2 Å². The van der Waals surface area contributed by atoms with Crippen molar-refractivity contribution in [2.45, 2.75) is 302 Å². The topological polar surface area (TPSA) is 105 Å². The fourth-order valence-electron chi connectivity index (χ4n) is 9.14. The van der Waals surface area contributed by atoms with Crippen LogP contribution < -0.4 is 5.32 Å². The van der Waals surface area contributed by atoms with Crippen LogP contribution in [0.15, 0.2) is 72.9 Å². The number of nitrogens with zero attached hydrogens (tertiary/aromatic N) is 1. The van der Waals surface area contributed by atoms with E-state index in [-0.39, 0.29) is 19.1 Å². The van der Waals surface area contributed by atoms with E-state index in [1.807, 2.05) is 27.2 Å². The number of rotatable bonds is 58. The number of nitrogens with one attached hydrogen (secondary N) is 1. The summed E-state index contributed by atoms with van der Waals surface area (Å²) in [5.41, 5.74) is 0. The number of amides is 1. The number of phosphoric acid groups is 1. The largest absolute Gasteiger partial charge is 0.472 e. The van der Waals surface area contributed by atoms with Crippen LogP contribution in [0, 0.1) is 0 Å². The third-order valence-electron chi connectivity index (χ3n) is 14.1. The molecule has 0 fully saturated rings. The SMILES string of the molecule is CCCCCCC/C=C\C/C=C\C/C=C\CCCCCCCCCCC(=O)NC(COP(=O)(O)OCC[N+](C)(C)C)C(O)/C=C/CC/C=C/CC/C=C/CCCCCCCCCCCCCCCCCCCCCC. The van der Waals surface area contributed by atoms with Gasteiger partial charge in [-0.1, -0.05) is 273 Å². The smallest absolute Gasteiger partial charge is 0.387 e. The summed E-state index contributed by atoms with van der Waals surface area (Å²) in [6.45, 7) is 4.79. The Kier molecular flexibility index (Phi) is 55.1. The number of aliphatic hydroxyl groups is 1. The summed E-state index contributed by atoms with van der Waals surface area (Å²) in [5, 5.41) is 13.9. The number of unbranched alkanes of at least 4 members (excludes halogenated alkanes) is 35. The standard InChI is InChI=1S/C66H123N2O6P/c1-6-8-10-12-14-16-18-20-22-24-26-28-30-31-32-33-34-35-36-38-39-41-43-45-47-49-51-53-55-57-59-65(69)64(63-74-75(71,72)73-62-61-68(3,4)5)67-66(70)60-58-56-54-52-50-48-46-44-42-40-37-29-27-25-23-21-19-17-15-13-11-9-7-2/h19,21,25,27,37,40-41,43,49,51,57,59,64-65,69H,6-18,20,22-24,26,28-36,38-39,42,44-48,50,52-56,58,60-63H2,1-5H3,(H-,67,70,71,72)/p+1/b21-19-,27-25-,40-37-,43-41+,51-49+,59-57+. The zero-order valence-electron chi connectivity index (χ0n) is 50.0. The van der Waals surface area contributed by atoms with Crippen molar-refractivity contribution in [2.75, 3.05) is 40.9 Å². The van der Waals surface area contributed by atoms with Gasteiger partial charge in [0.15, 0.2) is 0 Å². The predicted molar refractivity (Wildman–Crippen MR) is 327 cm³/mol. The molecular formula is C66H124N2O6P+. The fraction of sp³-hybridized carbons (Fsp3) is 0.803. The van der Waals surface area contributed by atoms with E-state index >= 15 is 0 Å². The van der Waals surface area contributed by atoms with Crippen LogP contribution in [0.5, 0.6) is 0 Å². The first-order chi connectivity index (χ1) is 36.5. The quantitative estimate of drug-likeness (QED) is 0.0243. The highest BCUT2D eigenvalue weighted by atomic mass is 31.2. The molecule has 0 heterocycles. The summed E-state index contributed by atoms with van der Waals surface area (Å²) in [5.74, 6) is -0.198. The molecule has 0 aromatic heterocycles. The maximum Gasteiger partial charge on any atom is 0.472 e. The maximum absolute atomic E-state index is 13.0. The Labute approximate surface area is 465 Å². The zero-order chi connectivity index (χ0) is 54.9. The van der Waals surface area contributed by atoms with Gasteiger partial charge in [0.2, 0.25) is 5.91 Å². The molecule has 3 N–H and O–H groups in total. The van der Waals surface area contributed by atoms with Gasteiger partial charge in [-0.3, -0.25) is 13.8 Å². The van der Waals surface area contributed by atoms with E-state index in [2.05, 4.69) is 79.9 Å². The van der Waals surface area contributed by atoms with Gasteiger partial charge < -0.3 is 19.8 Å². The summed E-state index contributed by atoms with van der Waals surface area (Å²) < 4.78 is 23.7. The normalized spacial score (nSPS) is 14.3. The molecule has 0 saturated heterocycles. The second-order valence-corrected chi connectivity index (χ2v) is 24.2. The summed E-state index contributed by atoms with van der Waals surface area (Å²) >= 11 is 0. The minimum atomic E-state index is -4.37. The molecule has 0 spiro atoms. The molecule has 0 aromatic rings. The number of carbonyl (C=O) groups is 1. The van der Waals surface area contributed by atoms with Crippen LogP contribution in [-0.2, 0) is 18.4 Å². The fourth-order valence-corrected chi connectivity index (χ4v) is 9.88. The number of allylic oxidation sites excluding steroid dienone is 11. The van der Waals surface area contributed by atoms with Crippen molar-refractivity contribution in [2.24, 2.45) is 0 Å². The van der Waals surface area contributed by atoms with E-state index in [0.29, 0.717) is 17.4 Å². The van der Waals surface area contributed by atoms with Crippen LogP contribution in [0.3, 0.4) is 0 Å². The Morgan fingerprint density at radius 2 is 0.773 bits per heavy atom. The first-order valence-electron chi connectivity index (χ1n) is 31.8. The number of phosphoric ester groups is 1. The highest BCUT2D eigenvalue weighted by Crippen LogP contribution is 2.43. The van der Waals surface area contributed by atoms with Crippen molar-refractivity contribution >= 4 is 13.7 Å².